The van der Waals surface area contributed by atoms with Gasteiger partial charge >= 0.3 is 12.8 Å². The maximum Gasteiger partial charge on any atom is 0.389 e. The second kappa shape index (κ2) is 13.6. The Kier molecular flexibility index (Phi) is 12.0. The second-order valence-electron chi connectivity index (χ2n) is 10.7. The van der Waals surface area contributed by atoms with Crippen LogP contribution in [0.4, 0.5) is 0 Å². The fourth-order valence-corrected chi connectivity index (χ4v) is 8.51. The zero-order chi connectivity index (χ0) is 27.1. The third-order valence-electron chi connectivity index (χ3n) is 6.80. The molecule has 2 saturated heterocycles. The van der Waals surface area contributed by atoms with Gasteiger partial charge in [-0.2, -0.15) is 5.06 Å². The molecule has 2 heterocycles. The van der Waals surface area contributed by atoms with E-state index in [0.29, 0.717) is 19.6 Å². The molecule has 210 valence electrons. The maximum absolute atomic E-state index is 13.8. The van der Waals surface area contributed by atoms with Crippen molar-refractivity contribution in [2.45, 2.75) is 103 Å². The number of nitrogens with zero attached hydrogens (tertiary/aromatic N) is 1. The number of amides is 1. The van der Waals surface area contributed by atoms with Gasteiger partial charge < -0.3 is 18.7 Å². The maximum atomic E-state index is 13.8. The topological polar surface area (TPSA) is 110 Å². The van der Waals surface area contributed by atoms with E-state index in [4.69, 9.17) is 27.8 Å². The van der Waals surface area contributed by atoms with Crippen molar-refractivity contribution in [3.63, 3.8) is 0 Å². The number of hydroxylamine groups is 2. The van der Waals surface area contributed by atoms with E-state index >= 15 is 0 Å². The van der Waals surface area contributed by atoms with Crippen LogP contribution in [-0.4, -0.2) is 82.3 Å². The molecule has 0 aromatic rings. The highest BCUT2D eigenvalue weighted by molar-refractivity contribution is 8.55. The smallest absolute Gasteiger partial charge is 0.389 e. The van der Waals surface area contributed by atoms with Gasteiger partial charge in [-0.05, 0) is 42.4 Å². The van der Waals surface area contributed by atoms with Crippen LogP contribution in [-0.2, 0) is 41.9 Å². The van der Waals surface area contributed by atoms with Crippen molar-refractivity contribution in [3.05, 3.63) is 0 Å². The number of hydrogen-bond donors (Lipinski definition) is 0. The lowest BCUT2D eigenvalue weighted by molar-refractivity contribution is -0.190. The Balaban J connectivity index is 2.03. The quantitative estimate of drug-likeness (QED) is 0.182. The van der Waals surface area contributed by atoms with Gasteiger partial charge in [0.05, 0.1) is 24.9 Å². The van der Waals surface area contributed by atoms with Crippen LogP contribution in [0.2, 0.25) is 18.1 Å². The van der Waals surface area contributed by atoms with Gasteiger partial charge in [-0.1, -0.05) is 27.7 Å². The van der Waals surface area contributed by atoms with Crippen LogP contribution in [0, 0.1) is 0 Å². The van der Waals surface area contributed by atoms with Gasteiger partial charge in [0, 0.05) is 45.8 Å². The number of ether oxygens (including phenoxy) is 2. The first-order chi connectivity index (χ1) is 16.7. The summed E-state index contributed by atoms with van der Waals surface area (Å²) in [5.41, 5.74) is 0. The summed E-state index contributed by atoms with van der Waals surface area (Å²) in [5.74, 6) is -0.836. The minimum atomic E-state index is -3.66. The number of carbonyl (C=O) groups excluding carboxylic acids is 2. The van der Waals surface area contributed by atoms with Crippen LogP contribution in [0.5, 0.6) is 0 Å². The summed E-state index contributed by atoms with van der Waals surface area (Å²) in [6, 6.07) is 0. The van der Waals surface area contributed by atoms with Gasteiger partial charge in [0.2, 0.25) is 0 Å². The highest BCUT2D eigenvalue weighted by Crippen LogP contribution is 2.62. The average Bonchev–Trinajstić information content (AvgIpc) is 3.39. The molecule has 1 amide bonds. The molecular weight excluding hydrogens is 525 g/mol. The molecule has 0 aliphatic carbocycles. The van der Waals surface area contributed by atoms with Gasteiger partial charge in [-0.15, -0.1) is 0 Å². The number of rotatable bonds is 12. The highest BCUT2D eigenvalue weighted by atomic mass is 32.7. The first-order valence-electron chi connectivity index (χ1n) is 12.6. The van der Waals surface area contributed by atoms with E-state index in [1.54, 1.807) is 0 Å². The molecule has 13 heteroatoms. The molecule has 2 fully saturated rings. The van der Waals surface area contributed by atoms with Crippen molar-refractivity contribution in [2.24, 2.45) is 0 Å². The van der Waals surface area contributed by atoms with Crippen LogP contribution in [0.3, 0.4) is 0 Å². The molecule has 10 nitrogen and oxygen atoms in total. The van der Waals surface area contributed by atoms with Crippen LogP contribution >= 0.6 is 18.2 Å². The molecule has 2 rings (SSSR count). The van der Waals surface area contributed by atoms with E-state index in [0.717, 1.165) is 29.3 Å². The molecule has 36 heavy (non-hydrogen) atoms. The lowest BCUT2D eigenvalue weighted by Gasteiger charge is -2.39. The Morgan fingerprint density at radius 2 is 1.72 bits per heavy atom. The summed E-state index contributed by atoms with van der Waals surface area (Å²) in [7, 11) is -0.658. The monoisotopic (exact) mass is 569 g/mol. The largest absolute Gasteiger partial charge is 0.411 e. The van der Waals surface area contributed by atoms with Crippen LogP contribution in [0.15, 0.2) is 0 Å². The predicted octanol–water partition coefficient (Wildman–Crippen LogP) is 4.93. The summed E-state index contributed by atoms with van der Waals surface area (Å²) in [4.78, 5) is 28.1. The molecule has 0 spiro atoms. The van der Waals surface area contributed by atoms with Gasteiger partial charge in [0.1, 0.15) is 6.10 Å². The minimum Gasteiger partial charge on any atom is -0.411 e. The number of carbonyl (C=O) groups is 2. The van der Waals surface area contributed by atoms with Crippen molar-refractivity contribution in [3.8, 4) is 0 Å². The molecule has 0 aromatic carbocycles. The SMILES string of the molecule is CC[C@H]1OCC[C@H]1O[P@](=O)(OC[C@H]1OCC[C@H]1O[Si](C)(C)C(C)(C)C)SCCC(=O)N(C)OC(C)=O. The van der Waals surface area contributed by atoms with Gasteiger partial charge in [0.25, 0.3) is 5.91 Å². The average molecular weight is 570 g/mol. The van der Waals surface area contributed by atoms with Gasteiger partial charge in [0.15, 0.2) is 8.32 Å². The summed E-state index contributed by atoms with van der Waals surface area (Å²) in [6.45, 7) is 11.7. The molecule has 0 saturated carbocycles. The molecular formula is C23H44NO9PSSi. The van der Waals surface area contributed by atoms with Crippen molar-refractivity contribution in [2.75, 3.05) is 32.6 Å². The highest BCUT2D eigenvalue weighted by Gasteiger charge is 2.44. The van der Waals surface area contributed by atoms with E-state index in [-0.39, 0.29) is 48.2 Å². The molecule has 0 N–H and O–H groups in total. The summed E-state index contributed by atoms with van der Waals surface area (Å²) >= 11 is 0.970. The second-order valence-corrected chi connectivity index (χ2v) is 19.6. The number of hydrogen-bond acceptors (Lipinski definition) is 10. The molecule has 0 radical (unpaired) electrons. The molecule has 0 aromatic heterocycles. The predicted molar refractivity (Wildman–Crippen MR) is 141 cm³/mol. The lowest BCUT2D eigenvalue weighted by atomic mass is 10.1. The van der Waals surface area contributed by atoms with Gasteiger partial charge in [-0.25, -0.2) is 4.57 Å². The van der Waals surface area contributed by atoms with E-state index in [1.165, 1.54) is 14.0 Å². The van der Waals surface area contributed by atoms with Crippen LogP contribution in [0.1, 0.15) is 60.3 Å². The van der Waals surface area contributed by atoms with Crippen molar-refractivity contribution in [1.82, 2.24) is 5.06 Å². The fraction of sp³-hybridized carbons (Fsp3) is 0.913. The molecule has 2 aliphatic heterocycles. The summed E-state index contributed by atoms with van der Waals surface area (Å²) in [5, 5.41) is 0.932. The van der Waals surface area contributed by atoms with Crippen molar-refractivity contribution in [1.29, 1.82) is 0 Å². The van der Waals surface area contributed by atoms with E-state index in [1.807, 2.05) is 6.92 Å². The van der Waals surface area contributed by atoms with E-state index in [9.17, 15) is 14.2 Å². The van der Waals surface area contributed by atoms with Crippen molar-refractivity contribution < 1.29 is 41.9 Å². The molecule has 2 aliphatic rings. The molecule has 0 unspecified atom stereocenters. The summed E-state index contributed by atoms with van der Waals surface area (Å²) in [6.07, 6.45) is 1.11. The van der Waals surface area contributed by atoms with Crippen LogP contribution in [0.25, 0.3) is 0 Å². The van der Waals surface area contributed by atoms with E-state index < -0.39 is 27.0 Å². The first kappa shape index (κ1) is 31.8. The Hall–Kier alpha value is -0.463. The Labute approximate surface area is 220 Å². The Morgan fingerprint density at radius 3 is 2.31 bits per heavy atom. The minimum absolute atomic E-state index is 0.000562. The zero-order valence-electron chi connectivity index (χ0n) is 22.9. The first-order valence-corrected chi connectivity index (χ1v) is 18.6. The Bertz CT molecular complexity index is 794. The van der Waals surface area contributed by atoms with Crippen LogP contribution < -0.4 is 0 Å². The third kappa shape index (κ3) is 9.38. The Morgan fingerprint density at radius 1 is 1.11 bits per heavy atom. The fourth-order valence-electron chi connectivity index (χ4n) is 3.68. The normalized spacial score (nSPS) is 26.6. The molecule has 0 bridgehead atoms. The standard InChI is InChI=1S/C23H44NO9PSSi/c1-9-18-19(10-13-28-18)32-34(27,35-15-12-22(26)24(6)31-17(2)25)30-16-21-20(11-14-29-21)33-36(7,8)23(3,4)5/h18-21H,9-16H2,1-8H3/t18-,19-,20-,21-,34+/m1/s1. The molecule has 5 atom stereocenters. The third-order valence-corrected chi connectivity index (χ3v) is 15.1. The lowest BCUT2D eigenvalue weighted by Crippen LogP contribution is -2.46. The summed E-state index contributed by atoms with van der Waals surface area (Å²) < 4.78 is 44.0. The van der Waals surface area contributed by atoms with Gasteiger partial charge in [-0.3, -0.25) is 18.6 Å². The zero-order valence-corrected chi connectivity index (χ0v) is 25.7. The van der Waals surface area contributed by atoms with Crippen molar-refractivity contribution >= 4 is 38.4 Å². The van der Waals surface area contributed by atoms with E-state index in [2.05, 4.69) is 33.9 Å².